The third-order valence-electron chi connectivity index (χ3n) is 5.50. The van der Waals surface area contributed by atoms with E-state index in [1.807, 2.05) is 0 Å². The molecule has 0 aromatic rings. The average molecular weight is 376 g/mol. The highest BCUT2D eigenvalue weighted by Gasteiger charge is 2.51. The summed E-state index contributed by atoms with van der Waals surface area (Å²) in [5.74, 6) is -2.21. The number of aliphatic hydroxyl groups excluding tert-OH is 5. The zero-order valence-corrected chi connectivity index (χ0v) is 13.9. The molecule has 2 aliphatic heterocycles. The van der Waals surface area contributed by atoms with Crippen LogP contribution >= 0.6 is 0 Å². The number of rotatable bonds is 5. The summed E-state index contributed by atoms with van der Waals surface area (Å²) in [5.41, 5.74) is 0.0969. The summed E-state index contributed by atoms with van der Waals surface area (Å²) in [7, 11) is 0. The van der Waals surface area contributed by atoms with E-state index in [1.54, 1.807) is 0 Å². The lowest BCUT2D eigenvalue weighted by molar-refractivity contribution is -0.342. The van der Waals surface area contributed by atoms with Crippen molar-refractivity contribution in [1.82, 2.24) is 0 Å². The van der Waals surface area contributed by atoms with Crippen LogP contribution in [0.5, 0.6) is 0 Å². The van der Waals surface area contributed by atoms with Crippen molar-refractivity contribution in [3.8, 4) is 0 Å². The molecule has 26 heavy (non-hydrogen) atoms. The minimum absolute atomic E-state index is 0.0969. The lowest BCUT2D eigenvalue weighted by atomic mass is 9.83. The van der Waals surface area contributed by atoms with Crippen LogP contribution in [0.2, 0.25) is 0 Å². The fraction of sp³-hybridized carbons (Fsp3) is 0.812. The van der Waals surface area contributed by atoms with E-state index >= 15 is 0 Å². The van der Waals surface area contributed by atoms with Gasteiger partial charge in [-0.2, -0.15) is 0 Å². The molecule has 9 atom stereocenters. The molecule has 0 amide bonds. The van der Waals surface area contributed by atoms with Gasteiger partial charge in [0, 0.05) is 18.4 Å². The number of hydrogen-bond acceptors (Lipinski definition) is 9. The quantitative estimate of drug-likeness (QED) is 0.309. The molecule has 0 aromatic heterocycles. The first-order chi connectivity index (χ1) is 12.4. The van der Waals surface area contributed by atoms with Gasteiger partial charge in [-0.1, -0.05) is 0 Å². The highest BCUT2D eigenvalue weighted by Crippen LogP contribution is 2.47. The van der Waals surface area contributed by atoms with Crippen LogP contribution in [0.3, 0.4) is 0 Å². The van der Waals surface area contributed by atoms with Gasteiger partial charge in [-0.3, -0.25) is 0 Å². The number of fused-ring (bicyclic) bond motifs is 1. The molecular weight excluding hydrogens is 352 g/mol. The second-order valence-electron chi connectivity index (χ2n) is 6.92. The molecule has 1 aliphatic carbocycles. The number of hydrogen-bond donors (Lipinski definition) is 6. The van der Waals surface area contributed by atoms with Crippen molar-refractivity contribution in [3.63, 3.8) is 0 Å². The molecule has 0 spiro atoms. The zero-order chi connectivity index (χ0) is 19.0. The van der Waals surface area contributed by atoms with E-state index < -0.39 is 55.5 Å². The molecule has 10 nitrogen and oxygen atoms in total. The molecular formula is C16H24O10. The highest BCUT2D eigenvalue weighted by molar-refractivity contribution is 5.87. The topological polar surface area (TPSA) is 166 Å². The first-order valence-electron chi connectivity index (χ1n) is 8.54. The van der Waals surface area contributed by atoms with Gasteiger partial charge in [-0.15, -0.1) is 0 Å². The second kappa shape index (κ2) is 7.77. The van der Waals surface area contributed by atoms with Crippen LogP contribution in [0.15, 0.2) is 11.8 Å². The van der Waals surface area contributed by atoms with Crippen molar-refractivity contribution in [2.45, 2.75) is 49.8 Å². The Labute approximate surface area is 149 Å². The van der Waals surface area contributed by atoms with Crippen molar-refractivity contribution >= 4 is 5.97 Å². The Hall–Kier alpha value is -1.27. The number of aliphatic carboxylic acids is 1. The largest absolute Gasteiger partial charge is 0.478 e. The van der Waals surface area contributed by atoms with Gasteiger partial charge in [-0.25, -0.2) is 4.79 Å². The molecule has 1 saturated heterocycles. The van der Waals surface area contributed by atoms with Gasteiger partial charge >= 0.3 is 5.97 Å². The van der Waals surface area contributed by atoms with E-state index in [0.29, 0.717) is 12.8 Å². The Morgan fingerprint density at radius 2 is 1.81 bits per heavy atom. The molecule has 0 radical (unpaired) electrons. The summed E-state index contributed by atoms with van der Waals surface area (Å²) >= 11 is 0. The molecule has 2 fully saturated rings. The van der Waals surface area contributed by atoms with Crippen molar-refractivity contribution in [1.29, 1.82) is 0 Å². The van der Waals surface area contributed by atoms with Crippen LogP contribution in [0, 0.1) is 17.8 Å². The lowest BCUT2D eigenvalue weighted by Gasteiger charge is -2.43. The summed E-state index contributed by atoms with van der Waals surface area (Å²) < 4.78 is 16.4. The first kappa shape index (κ1) is 19.5. The van der Waals surface area contributed by atoms with Crippen molar-refractivity contribution < 1.29 is 49.6 Å². The van der Waals surface area contributed by atoms with Gasteiger partial charge in [0.25, 0.3) is 0 Å². The van der Waals surface area contributed by atoms with Gasteiger partial charge in [-0.05, 0) is 18.8 Å². The molecule has 0 bridgehead atoms. The lowest BCUT2D eigenvalue weighted by Crippen LogP contribution is -2.60. The minimum Gasteiger partial charge on any atom is -0.478 e. The van der Waals surface area contributed by atoms with Crippen molar-refractivity contribution in [3.05, 3.63) is 11.8 Å². The number of carboxylic acid groups (broad SMARTS) is 1. The maximum absolute atomic E-state index is 11.4. The van der Waals surface area contributed by atoms with E-state index in [0.717, 1.165) is 6.26 Å². The third kappa shape index (κ3) is 3.33. The molecule has 148 valence electrons. The van der Waals surface area contributed by atoms with E-state index in [9.17, 15) is 35.4 Å². The van der Waals surface area contributed by atoms with E-state index in [1.165, 1.54) is 0 Å². The fourth-order valence-corrected chi connectivity index (χ4v) is 4.06. The van der Waals surface area contributed by atoms with E-state index in [2.05, 4.69) is 0 Å². The van der Waals surface area contributed by atoms with Crippen LogP contribution in [-0.4, -0.2) is 86.8 Å². The van der Waals surface area contributed by atoms with E-state index in [4.69, 9.17) is 14.2 Å². The maximum atomic E-state index is 11.4. The average Bonchev–Trinajstić information content (AvgIpc) is 3.06. The van der Waals surface area contributed by atoms with Gasteiger partial charge < -0.3 is 44.8 Å². The molecule has 3 rings (SSSR count). The second-order valence-corrected chi connectivity index (χ2v) is 6.92. The third-order valence-corrected chi connectivity index (χ3v) is 5.50. The Bertz CT molecular complexity index is 549. The van der Waals surface area contributed by atoms with Crippen LogP contribution in [-0.2, 0) is 19.0 Å². The number of ether oxygens (including phenoxy) is 3. The Morgan fingerprint density at radius 1 is 1.08 bits per heavy atom. The van der Waals surface area contributed by atoms with Gasteiger partial charge in [0.2, 0.25) is 6.29 Å². The van der Waals surface area contributed by atoms with Crippen LogP contribution in [0.1, 0.15) is 12.8 Å². The monoisotopic (exact) mass is 376 g/mol. The van der Waals surface area contributed by atoms with Crippen molar-refractivity contribution in [2.75, 3.05) is 13.2 Å². The van der Waals surface area contributed by atoms with Crippen LogP contribution in [0.4, 0.5) is 0 Å². The predicted molar refractivity (Wildman–Crippen MR) is 82.2 cm³/mol. The number of carbonyl (C=O) groups is 1. The molecule has 3 aliphatic rings. The smallest absolute Gasteiger partial charge is 0.334 e. The van der Waals surface area contributed by atoms with E-state index in [-0.39, 0.29) is 24.0 Å². The normalized spacial score (nSPS) is 45.6. The summed E-state index contributed by atoms with van der Waals surface area (Å²) in [6, 6.07) is 0. The Kier molecular flexibility index (Phi) is 5.82. The molecule has 0 unspecified atom stereocenters. The fourth-order valence-electron chi connectivity index (χ4n) is 4.06. The summed E-state index contributed by atoms with van der Waals surface area (Å²) in [4.78, 5) is 11.4. The molecule has 10 heteroatoms. The summed E-state index contributed by atoms with van der Waals surface area (Å²) in [6.45, 7) is -0.767. The highest BCUT2D eigenvalue weighted by atomic mass is 16.8. The van der Waals surface area contributed by atoms with Gasteiger partial charge in [0.15, 0.2) is 6.29 Å². The molecule has 1 saturated carbocycles. The van der Waals surface area contributed by atoms with Crippen LogP contribution in [0.25, 0.3) is 0 Å². The Morgan fingerprint density at radius 3 is 2.42 bits per heavy atom. The molecule has 0 aromatic carbocycles. The van der Waals surface area contributed by atoms with Gasteiger partial charge in [0.1, 0.15) is 24.4 Å². The maximum Gasteiger partial charge on any atom is 0.334 e. The summed E-state index contributed by atoms with van der Waals surface area (Å²) in [6.07, 6.45) is -5.98. The zero-order valence-electron chi connectivity index (χ0n) is 13.9. The van der Waals surface area contributed by atoms with Gasteiger partial charge in [0.05, 0.1) is 18.4 Å². The predicted octanol–water partition coefficient (Wildman–Crippen LogP) is -2.24. The number of aliphatic hydroxyl groups is 5. The molecule has 6 N–H and O–H groups in total. The minimum atomic E-state index is -1.59. The Balaban J connectivity index is 1.79. The SMILES string of the molecule is O=C(O)C1=CO[C@@H](O[C@@H]2O[C@H](CO)[C@@H](O)[C@H](O)[C@H]2O)[C@@H]2[C@@H](CO)CC[C@H]12. The summed E-state index contributed by atoms with van der Waals surface area (Å²) in [5, 5.41) is 57.9. The van der Waals surface area contributed by atoms with Crippen molar-refractivity contribution in [2.24, 2.45) is 17.8 Å². The standard InChI is InChI=1S/C16H24O10/c17-3-6-1-2-7-8(14(22)23)5-24-15(10(6)7)26-16-13(21)12(20)11(19)9(4-18)25-16/h5-7,9-13,15-21H,1-4H2,(H,22,23)/t6-,7-,9-,10-,11-,12+,13-,15+,16+/m1/s1. The van der Waals surface area contributed by atoms with Crippen LogP contribution < -0.4 is 0 Å². The first-order valence-corrected chi connectivity index (χ1v) is 8.54. The molecule has 2 heterocycles. The number of carboxylic acids is 1.